The van der Waals surface area contributed by atoms with Crippen LogP contribution in [0, 0.1) is 12.7 Å². The third-order valence-electron chi connectivity index (χ3n) is 3.37. The van der Waals surface area contributed by atoms with Gasteiger partial charge >= 0.3 is 0 Å². The number of halogens is 1. The van der Waals surface area contributed by atoms with Gasteiger partial charge in [-0.2, -0.15) is 0 Å². The summed E-state index contributed by atoms with van der Waals surface area (Å²) < 4.78 is 15.1. The van der Waals surface area contributed by atoms with Crippen LogP contribution in [0.2, 0.25) is 0 Å². The zero-order valence-corrected chi connectivity index (χ0v) is 12.4. The summed E-state index contributed by atoms with van der Waals surface area (Å²) in [5.74, 6) is 0.675. The van der Waals surface area contributed by atoms with Crippen molar-refractivity contribution in [1.82, 2.24) is 9.55 Å². The van der Waals surface area contributed by atoms with Crippen molar-refractivity contribution in [3.8, 4) is 0 Å². The Hall–Kier alpha value is -1.84. The zero-order chi connectivity index (χ0) is 14.5. The molecular formula is C16H22FN3. The Labute approximate surface area is 119 Å². The molecule has 1 atom stereocenters. The summed E-state index contributed by atoms with van der Waals surface area (Å²) in [5, 5.41) is 3.41. The van der Waals surface area contributed by atoms with Crippen molar-refractivity contribution in [2.75, 3.05) is 5.32 Å². The number of imidazole rings is 1. The molecule has 2 aromatic rings. The number of benzene rings is 1. The van der Waals surface area contributed by atoms with Crippen LogP contribution in [0.3, 0.4) is 0 Å². The third kappa shape index (κ3) is 3.59. The fourth-order valence-corrected chi connectivity index (χ4v) is 2.19. The van der Waals surface area contributed by atoms with Gasteiger partial charge in [0.2, 0.25) is 5.95 Å². The van der Waals surface area contributed by atoms with Crippen molar-refractivity contribution in [2.45, 2.75) is 46.2 Å². The van der Waals surface area contributed by atoms with Gasteiger partial charge in [0, 0.05) is 12.7 Å². The second kappa shape index (κ2) is 6.55. The molecule has 1 aromatic carbocycles. The number of nitrogens with one attached hydrogen (secondary N) is 1. The lowest BCUT2D eigenvalue weighted by Gasteiger charge is -2.16. The van der Waals surface area contributed by atoms with Gasteiger partial charge in [-0.25, -0.2) is 9.37 Å². The first-order valence-corrected chi connectivity index (χ1v) is 7.16. The van der Waals surface area contributed by atoms with Gasteiger partial charge in [-0.05, 0) is 38.0 Å². The van der Waals surface area contributed by atoms with E-state index >= 15 is 0 Å². The topological polar surface area (TPSA) is 29.9 Å². The van der Waals surface area contributed by atoms with Gasteiger partial charge in [0.05, 0.1) is 11.7 Å². The minimum absolute atomic E-state index is 0.0952. The fourth-order valence-electron chi connectivity index (χ4n) is 2.19. The molecule has 0 aliphatic rings. The van der Waals surface area contributed by atoms with Gasteiger partial charge in [0.15, 0.2) is 0 Å². The fraction of sp³-hybridized carbons (Fsp3) is 0.438. The van der Waals surface area contributed by atoms with Crippen LogP contribution in [0.5, 0.6) is 0 Å². The highest BCUT2D eigenvalue weighted by molar-refractivity contribution is 5.34. The van der Waals surface area contributed by atoms with E-state index in [1.807, 2.05) is 6.92 Å². The summed E-state index contributed by atoms with van der Waals surface area (Å²) in [6.07, 6.45) is 4.36. The Kier molecular flexibility index (Phi) is 4.77. The molecule has 1 heterocycles. The first kappa shape index (κ1) is 14.6. The molecule has 2 rings (SSSR count). The lowest BCUT2D eigenvalue weighted by Crippen LogP contribution is -2.12. The van der Waals surface area contributed by atoms with Crippen LogP contribution in [0.1, 0.15) is 44.0 Å². The number of unbranched alkanes of at least 4 members (excludes halogenated alkanes) is 1. The smallest absolute Gasteiger partial charge is 0.203 e. The quantitative estimate of drug-likeness (QED) is 0.851. The summed E-state index contributed by atoms with van der Waals surface area (Å²) in [5.41, 5.74) is 2.06. The molecule has 1 aromatic heterocycles. The monoisotopic (exact) mass is 275 g/mol. The van der Waals surface area contributed by atoms with Gasteiger partial charge in [-0.3, -0.25) is 0 Å². The molecule has 108 valence electrons. The molecule has 4 heteroatoms. The second-order valence-corrected chi connectivity index (χ2v) is 5.17. The van der Waals surface area contributed by atoms with Crippen LogP contribution in [-0.2, 0) is 6.54 Å². The molecular weight excluding hydrogens is 253 g/mol. The maximum atomic E-state index is 12.9. The van der Waals surface area contributed by atoms with E-state index in [1.165, 1.54) is 12.1 Å². The van der Waals surface area contributed by atoms with Crippen molar-refractivity contribution in [3.63, 3.8) is 0 Å². The number of hydrogen-bond acceptors (Lipinski definition) is 2. The largest absolute Gasteiger partial charge is 0.349 e. The highest BCUT2D eigenvalue weighted by atomic mass is 19.1. The number of nitrogens with zero attached hydrogens (tertiary/aromatic N) is 2. The molecule has 0 spiro atoms. The minimum Gasteiger partial charge on any atom is -0.349 e. The van der Waals surface area contributed by atoms with Gasteiger partial charge < -0.3 is 9.88 Å². The van der Waals surface area contributed by atoms with Crippen molar-refractivity contribution < 1.29 is 4.39 Å². The standard InChI is InChI=1S/C16H22FN3/c1-4-5-10-20-11-12(2)18-16(20)19-13(3)14-6-8-15(17)9-7-14/h6-9,11,13H,4-5,10H2,1-3H3,(H,18,19). The molecule has 0 aliphatic carbocycles. The van der Waals surface area contributed by atoms with Crippen molar-refractivity contribution in [1.29, 1.82) is 0 Å². The molecule has 0 saturated carbocycles. The lowest BCUT2D eigenvalue weighted by molar-refractivity contribution is 0.624. The van der Waals surface area contributed by atoms with E-state index in [-0.39, 0.29) is 11.9 Å². The van der Waals surface area contributed by atoms with Gasteiger partial charge in [-0.1, -0.05) is 25.5 Å². The molecule has 0 amide bonds. The van der Waals surface area contributed by atoms with E-state index < -0.39 is 0 Å². The van der Waals surface area contributed by atoms with Gasteiger partial charge in [0.1, 0.15) is 5.82 Å². The molecule has 0 aliphatic heterocycles. The van der Waals surface area contributed by atoms with E-state index in [2.05, 4.69) is 34.9 Å². The zero-order valence-electron chi connectivity index (χ0n) is 12.4. The SMILES string of the molecule is CCCCn1cc(C)nc1NC(C)c1ccc(F)cc1. The average Bonchev–Trinajstić information content (AvgIpc) is 2.77. The van der Waals surface area contributed by atoms with Crippen molar-refractivity contribution in [3.05, 3.63) is 47.5 Å². The highest BCUT2D eigenvalue weighted by Gasteiger charge is 2.10. The normalized spacial score (nSPS) is 12.4. The molecule has 1 unspecified atom stereocenters. The van der Waals surface area contributed by atoms with E-state index in [0.717, 1.165) is 36.6 Å². The van der Waals surface area contributed by atoms with Crippen LogP contribution < -0.4 is 5.32 Å². The summed E-state index contributed by atoms with van der Waals surface area (Å²) in [6, 6.07) is 6.68. The Balaban J connectivity index is 2.10. The van der Waals surface area contributed by atoms with E-state index in [0.29, 0.717) is 0 Å². The summed E-state index contributed by atoms with van der Waals surface area (Å²) in [4.78, 5) is 4.52. The predicted molar refractivity (Wildman–Crippen MR) is 80.3 cm³/mol. The average molecular weight is 275 g/mol. The molecule has 1 N–H and O–H groups in total. The van der Waals surface area contributed by atoms with Crippen LogP contribution in [-0.4, -0.2) is 9.55 Å². The number of aryl methyl sites for hydroxylation is 2. The number of rotatable bonds is 6. The first-order chi connectivity index (χ1) is 9.60. The lowest BCUT2D eigenvalue weighted by atomic mass is 10.1. The number of aromatic nitrogens is 2. The molecule has 0 fully saturated rings. The maximum absolute atomic E-state index is 12.9. The maximum Gasteiger partial charge on any atom is 0.203 e. The van der Waals surface area contributed by atoms with Crippen LogP contribution in [0.25, 0.3) is 0 Å². The summed E-state index contributed by atoms with van der Waals surface area (Å²) in [6.45, 7) is 7.20. The number of anilines is 1. The minimum atomic E-state index is -0.207. The van der Waals surface area contributed by atoms with Crippen LogP contribution >= 0.6 is 0 Å². The van der Waals surface area contributed by atoms with Crippen molar-refractivity contribution >= 4 is 5.95 Å². The van der Waals surface area contributed by atoms with Gasteiger partial charge in [0.25, 0.3) is 0 Å². The summed E-state index contributed by atoms with van der Waals surface area (Å²) in [7, 11) is 0. The summed E-state index contributed by atoms with van der Waals surface area (Å²) >= 11 is 0. The predicted octanol–water partition coefficient (Wildman–Crippen LogP) is 4.30. The number of hydrogen-bond donors (Lipinski definition) is 1. The highest BCUT2D eigenvalue weighted by Crippen LogP contribution is 2.19. The molecule has 20 heavy (non-hydrogen) atoms. The van der Waals surface area contributed by atoms with E-state index in [9.17, 15) is 4.39 Å². The van der Waals surface area contributed by atoms with E-state index in [1.54, 1.807) is 12.1 Å². The Morgan fingerprint density at radius 1 is 1.30 bits per heavy atom. The molecule has 0 bridgehead atoms. The van der Waals surface area contributed by atoms with Crippen LogP contribution in [0.15, 0.2) is 30.5 Å². The Morgan fingerprint density at radius 3 is 2.65 bits per heavy atom. The van der Waals surface area contributed by atoms with Crippen molar-refractivity contribution in [2.24, 2.45) is 0 Å². The molecule has 0 radical (unpaired) electrons. The van der Waals surface area contributed by atoms with E-state index in [4.69, 9.17) is 0 Å². The Bertz CT molecular complexity index is 545. The first-order valence-electron chi connectivity index (χ1n) is 7.16. The third-order valence-corrected chi connectivity index (χ3v) is 3.37. The Morgan fingerprint density at radius 2 is 2.00 bits per heavy atom. The molecule has 0 saturated heterocycles. The van der Waals surface area contributed by atoms with Gasteiger partial charge in [-0.15, -0.1) is 0 Å². The van der Waals surface area contributed by atoms with Crippen LogP contribution in [0.4, 0.5) is 10.3 Å². The second-order valence-electron chi connectivity index (χ2n) is 5.17. The molecule has 3 nitrogen and oxygen atoms in total.